The molecule has 1 fully saturated rings. The van der Waals surface area contributed by atoms with Crippen molar-refractivity contribution in [2.75, 3.05) is 36.0 Å². The zero-order chi connectivity index (χ0) is 17.9. The quantitative estimate of drug-likeness (QED) is 0.930. The van der Waals surface area contributed by atoms with Crippen molar-refractivity contribution in [3.63, 3.8) is 0 Å². The van der Waals surface area contributed by atoms with Crippen molar-refractivity contribution < 1.29 is 4.79 Å². The highest BCUT2D eigenvalue weighted by Gasteiger charge is 2.21. The highest BCUT2D eigenvalue weighted by Crippen LogP contribution is 2.19. The van der Waals surface area contributed by atoms with Gasteiger partial charge in [-0.05, 0) is 32.9 Å². The van der Waals surface area contributed by atoms with E-state index in [1.807, 2.05) is 26.8 Å². The number of para-hydroxylation sites is 1. The van der Waals surface area contributed by atoms with E-state index in [0.717, 1.165) is 32.0 Å². The third kappa shape index (κ3) is 4.47. The third-order valence-corrected chi connectivity index (χ3v) is 4.10. The number of anilines is 2. The van der Waals surface area contributed by atoms with Gasteiger partial charge in [0.15, 0.2) is 0 Å². The van der Waals surface area contributed by atoms with Crippen LogP contribution >= 0.6 is 0 Å². The van der Waals surface area contributed by atoms with Gasteiger partial charge in [0.25, 0.3) is 5.91 Å². The monoisotopic (exact) mass is 339 g/mol. The van der Waals surface area contributed by atoms with E-state index in [9.17, 15) is 4.79 Å². The van der Waals surface area contributed by atoms with Crippen LogP contribution in [0.3, 0.4) is 0 Å². The Balaban J connectivity index is 1.66. The first-order valence-corrected chi connectivity index (χ1v) is 8.62. The summed E-state index contributed by atoms with van der Waals surface area (Å²) in [4.78, 5) is 25.4. The van der Waals surface area contributed by atoms with E-state index >= 15 is 0 Å². The third-order valence-electron chi connectivity index (χ3n) is 4.10. The van der Waals surface area contributed by atoms with Gasteiger partial charge in [-0.25, -0.2) is 9.97 Å². The van der Waals surface area contributed by atoms with Crippen molar-refractivity contribution in [1.82, 2.24) is 15.3 Å². The molecule has 0 radical (unpaired) electrons. The van der Waals surface area contributed by atoms with Crippen LogP contribution in [0.4, 0.5) is 11.5 Å². The molecule has 0 unspecified atom stereocenters. The summed E-state index contributed by atoms with van der Waals surface area (Å²) < 4.78 is 0. The largest absolute Gasteiger partial charge is 0.368 e. The number of nitrogens with one attached hydrogen (secondary N) is 1. The number of nitrogens with zero attached hydrogens (tertiary/aromatic N) is 4. The number of benzene rings is 1. The smallest absolute Gasteiger partial charge is 0.270 e. The topological polar surface area (TPSA) is 61.4 Å². The number of aromatic nitrogens is 2. The molecule has 1 amide bonds. The average Bonchev–Trinajstić information content (AvgIpc) is 2.61. The number of piperazine rings is 1. The minimum atomic E-state index is -0.288. The molecule has 1 N–H and O–H groups in total. The Morgan fingerprint density at radius 2 is 1.64 bits per heavy atom. The predicted octanol–water partition coefficient (Wildman–Crippen LogP) is 2.33. The molecule has 0 bridgehead atoms. The maximum atomic E-state index is 12.3. The molecule has 25 heavy (non-hydrogen) atoms. The van der Waals surface area contributed by atoms with Crippen molar-refractivity contribution >= 4 is 17.4 Å². The molecule has 2 heterocycles. The van der Waals surface area contributed by atoms with Gasteiger partial charge in [0.2, 0.25) is 0 Å². The van der Waals surface area contributed by atoms with Crippen LogP contribution < -0.4 is 15.1 Å². The highest BCUT2D eigenvalue weighted by molar-refractivity contribution is 5.93. The van der Waals surface area contributed by atoms with Crippen LogP contribution in [-0.2, 0) is 0 Å². The van der Waals surface area contributed by atoms with E-state index in [0.29, 0.717) is 5.69 Å². The van der Waals surface area contributed by atoms with Crippen LogP contribution in [0.25, 0.3) is 0 Å². The summed E-state index contributed by atoms with van der Waals surface area (Å²) >= 11 is 0. The summed E-state index contributed by atoms with van der Waals surface area (Å²) in [5.74, 6) is 0.640. The molecule has 1 aromatic heterocycles. The first kappa shape index (κ1) is 17.2. The van der Waals surface area contributed by atoms with Crippen LogP contribution in [0.2, 0.25) is 0 Å². The first-order chi connectivity index (χ1) is 11.9. The number of rotatable bonds is 3. The zero-order valence-electron chi connectivity index (χ0n) is 15.1. The second kappa shape index (κ2) is 7.09. The van der Waals surface area contributed by atoms with Gasteiger partial charge in [-0.3, -0.25) is 4.79 Å². The van der Waals surface area contributed by atoms with Crippen molar-refractivity contribution in [3.8, 4) is 0 Å². The van der Waals surface area contributed by atoms with Gasteiger partial charge in [-0.15, -0.1) is 0 Å². The lowest BCUT2D eigenvalue weighted by molar-refractivity contribution is 0.0914. The first-order valence-electron chi connectivity index (χ1n) is 8.62. The second-order valence-electron chi connectivity index (χ2n) is 7.28. The Labute approximate surface area is 148 Å². The number of amides is 1. The molecular weight excluding hydrogens is 314 g/mol. The summed E-state index contributed by atoms with van der Waals surface area (Å²) in [6, 6.07) is 12.2. The standard InChI is InChI=1S/C19H25N5O/c1-19(2,3)22-18(25)16-13-17(21-14-20-16)24-11-9-23(10-12-24)15-7-5-4-6-8-15/h4-8,13-14H,9-12H2,1-3H3,(H,22,25). The molecule has 0 atom stereocenters. The molecule has 0 spiro atoms. The van der Waals surface area contributed by atoms with Gasteiger partial charge < -0.3 is 15.1 Å². The Morgan fingerprint density at radius 3 is 2.28 bits per heavy atom. The SMILES string of the molecule is CC(C)(C)NC(=O)c1cc(N2CCN(c3ccccc3)CC2)ncn1. The van der Waals surface area contributed by atoms with E-state index < -0.39 is 0 Å². The highest BCUT2D eigenvalue weighted by atomic mass is 16.2. The normalized spacial score (nSPS) is 15.2. The maximum Gasteiger partial charge on any atom is 0.270 e. The van der Waals surface area contributed by atoms with Crippen molar-refractivity contribution in [2.24, 2.45) is 0 Å². The fourth-order valence-corrected chi connectivity index (χ4v) is 2.88. The molecule has 6 nitrogen and oxygen atoms in total. The van der Waals surface area contributed by atoms with E-state index in [1.54, 1.807) is 6.07 Å². The van der Waals surface area contributed by atoms with E-state index in [-0.39, 0.29) is 11.4 Å². The minimum absolute atomic E-state index is 0.168. The molecule has 3 rings (SSSR count). The minimum Gasteiger partial charge on any atom is -0.368 e. The molecule has 0 aliphatic carbocycles. The summed E-state index contributed by atoms with van der Waals surface area (Å²) in [5.41, 5.74) is 1.37. The van der Waals surface area contributed by atoms with E-state index in [4.69, 9.17) is 0 Å². The zero-order valence-corrected chi connectivity index (χ0v) is 15.1. The fraction of sp³-hybridized carbons (Fsp3) is 0.421. The van der Waals surface area contributed by atoms with Gasteiger partial charge >= 0.3 is 0 Å². The Morgan fingerprint density at radius 1 is 1.00 bits per heavy atom. The predicted molar refractivity (Wildman–Crippen MR) is 100 cm³/mol. The van der Waals surface area contributed by atoms with Gasteiger partial charge in [0.05, 0.1) is 0 Å². The van der Waals surface area contributed by atoms with Crippen LogP contribution in [0.5, 0.6) is 0 Å². The molecule has 6 heteroatoms. The van der Waals surface area contributed by atoms with E-state index in [2.05, 4.69) is 49.4 Å². The molecular formula is C19H25N5O. The van der Waals surface area contributed by atoms with Crippen molar-refractivity contribution in [1.29, 1.82) is 0 Å². The molecule has 1 aromatic carbocycles. The number of carbonyl (C=O) groups is 1. The maximum absolute atomic E-state index is 12.3. The molecule has 1 saturated heterocycles. The van der Waals surface area contributed by atoms with Gasteiger partial charge in [-0.2, -0.15) is 0 Å². The van der Waals surface area contributed by atoms with Crippen LogP contribution in [-0.4, -0.2) is 47.6 Å². The average molecular weight is 339 g/mol. The lowest BCUT2D eigenvalue weighted by Crippen LogP contribution is -2.47. The van der Waals surface area contributed by atoms with Crippen molar-refractivity contribution in [2.45, 2.75) is 26.3 Å². The molecule has 1 aliphatic heterocycles. The molecule has 0 saturated carbocycles. The van der Waals surface area contributed by atoms with Gasteiger partial charge in [0.1, 0.15) is 17.8 Å². The van der Waals surface area contributed by atoms with Crippen LogP contribution in [0.15, 0.2) is 42.7 Å². The summed E-state index contributed by atoms with van der Waals surface area (Å²) in [6.45, 7) is 9.45. The number of carbonyl (C=O) groups excluding carboxylic acids is 1. The lowest BCUT2D eigenvalue weighted by atomic mass is 10.1. The van der Waals surface area contributed by atoms with Gasteiger partial charge in [-0.1, -0.05) is 18.2 Å². The Bertz CT molecular complexity index is 718. The summed E-state index contributed by atoms with van der Waals surface area (Å²) in [6.07, 6.45) is 1.47. The summed E-state index contributed by atoms with van der Waals surface area (Å²) in [7, 11) is 0. The lowest BCUT2D eigenvalue weighted by Gasteiger charge is -2.36. The van der Waals surface area contributed by atoms with E-state index in [1.165, 1.54) is 12.0 Å². The number of hydrogen-bond donors (Lipinski definition) is 1. The second-order valence-corrected chi connectivity index (χ2v) is 7.28. The number of hydrogen-bond acceptors (Lipinski definition) is 5. The van der Waals surface area contributed by atoms with Gasteiger partial charge in [0, 0.05) is 43.5 Å². The summed E-state index contributed by atoms with van der Waals surface area (Å²) in [5, 5.41) is 2.94. The molecule has 2 aromatic rings. The Kier molecular flexibility index (Phi) is 4.88. The van der Waals surface area contributed by atoms with Crippen LogP contribution in [0.1, 0.15) is 31.3 Å². The molecule has 132 valence electrons. The molecule has 1 aliphatic rings. The van der Waals surface area contributed by atoms with Crippen LogP contribution in [0, 0.1) is 0 Å². The van der Waals surface area contributed by atoms with Crippen molar-refractivity contribution in [3.05, 3.63) is 48.4 Å². The Hall–Kier alpha value is -2.63. The fourth-order valence-electron chi connectivity index (χ4n) is 2.88.